The van der Waals surface area contributed by atoms with E-state index in [1.54, 1.807) is 20.1 Å². The SMILES string of the molecule is CC(CCC(C)C)=Nn1c(-c2cccc([N+](=O)[O-])c2)csc1=Nc1c(C)n(C)n(-c2ccccc2)c1=O. The maximum absolute atomic E-state index is 13.5. The fourth-order valence-corrected chi connectivity index (χ4v) is 4.78. The smallest absolute Gasteiger partial charge is 0.283 e. The summed E-state index contributed by atoms with van der Waals surface area (Å²) in [4.78, 5) is 29.7. The Balaban J connectivity index is 1.92. The van der Waals surface area contributed by atoms with E-state index in [1.165, 1.54) is 23.5 Å². The van der Waals surface area contributed by atoms with Crippen molar-refractivity contribution in [1.29, 1.82) is 0 Å². The first-order valence-electron chi connectivity index (χ1n) is 12.1. The molecular formula is C27H30N6O3S. The number of aromatic nitrogens is 3. The van der Waals surface area contributed by atoms with Crippen LogP contribution >= 0.6 is 11.3 Å². The standard InChI is InChI=1S/C27H30N6O3S/c1-18(2)14-15-19(3)29-31-24(21-10-9-13-23(16-21)33(35)36)17-37-27(31)28-25-20(4)30(5)32(26(25)34)22-11-7-6-8-12-22/h6-13,16-18H,14-15H2,1-5H3. The average Bonchev–Trinajstić information content (AvgIpc) is 3.36. The van der Waals surface area contributed by atoms with Crippen molar-refractivity contribution in [2.45, 2.75) is 40.5 Å². The molecule has 4 aromatic rings. The van der Waals surface area contributed by atoms with Crippen molar-refractivity contribution >= 4 is 28.4 Å². The van der Waals surface area contributed by atoms with Crippen LogP contribution in [-0.4, -0.2) is 24.7 Å². The van der Waals surface area contributed by atoms with Crippen LogP contribution in [-0.2, 0) is 7.05 Å². The highest BCUT2D eigenvalue weighted by atomic mass is 32.1. The first-order chi connectivity index (χ1) is 17.7. The third-order valence-corrected chi connectivity index (χ3v) is 6.94. The summed E-state index contributed by atoms with van der Waals surface area (Å²) < 4.78 is 5.07. The number of hydrogen-bond donors (Lipinski definition) is 0. The van der Waals surface area contributed by atoms with Crippen molar-refractivity contribution in [3.05, 3.63) is 90.9 Å². The Morgan fingerprint density at radius 2 is 1.86 bits per heavy atom. The lowest BCUT2D eigenvalue weighted by Crippen LogP contribution is -2.20. The summed E-state index contributed by atoms with van der Waals surface area (Å²) in [6.07, 6.45) is 1.79. The first kappa shape index (κ1) is 26.0. The average molecular weight is 519 g/mol. The van der Waals surface area contributed by atoms with Gasteiger partial charge in [-0.25, -0.2) is 14.4 Å². The van der Waals surface area contributed by atoms with Crippen LogP contribution in [0.3, 0.4) is 0 Å². The van der Waals surface area contributed by atoms with Crippen molar-refractivity contribution in [2.24, 2.45) is 23.1 Å². The quantitative estimate of drug-likeness (QED) is 0.167. The zero-order valence-corrected chi connectivity index (χ0v) is 22.4. The molecule has 0 aliphatic carbocycles. The molecular weight excluding hydrogens is 488 g/mol. The Kier molecular flexibility index (Phi) is 7.68. The van der Waals surface area contributed by atoms with Crippen LogP contribution in [0.4, 0.5) is 11.4 Å². The van der Waals surface area contributed by atoms with Crippen molar-refractivity contribution < 1.29 is 4.92 Å². The summed E-state index contributed by atoms with van der Waals surface area (Å²) >= 11 is 1.34. The fourth-order valence-electron chi connectivity index (χ4n) is 3.95. The lowest BCUT2D eigenvalue weighted by molar-refractivity contribution is -0.384. The summed E-state index contributed by atoms with van der Waals surface area (Å²) in [5, 5.41) is 18.1. The van der Waals surface area contributed by atoms with Gasteiger partial charge in [-0.15, -0.1) is 11.3 Å². The highest BCUT2D eigenvalue weighted by molar-refractivity contribution is 7.07. The van der Waals surface area contributed by atoms with Crippen molar-refractivity contribution in [2.75, 3.05) is 0 Å². The van der Waals surface area contributed by atoms with Crippen LogP contribution in [0.5, 0.6) is 0 Å². The van der Waals surface area contributed by atoms with E-state index in [1.807, 2.05) is 62.7 Å². The highest BCUT2D eigenvalue weighted by Crippen LogP contribution is 2.25. The molecule has 0 atom stereocenters. The van der Waals surface area contributed by atoms with Crippen molar-refractivity contribution in [3.8, 4) is 16.9 Å². The van der Waals surface area contributed by atoms with Gasteiger partial charge in [0.05, 0.1) is 22.0 Å². The van der Waals surface area contributed by atoms with E-state index in [-0.39, 0.29) is 11.2 Å². The fraction of sp³-hybridized carbons (Fsp3) is 0.296. The molecule has 192 valence electrons. The van der Waals surface area contributed by atoms with Crippen LogP contribution in [0.1, 0.15) is 39.3 Å². The van der Waals surface area contributed by atoms with E-state index < -0.39 is 4.92 Å². The number of thiazole rings is 1. The summed E-state index contributed by atoms with van der Waals surface area (Å²) in [5.74, 6) is 0.529. The second-order valence-corrected chi connectivity index (χ2v) is 10.1. The number of para-hydroxylation sites is 1. The van der Waals surface area contributed by atoms with E-state index in [4.69, 9.17) is 10.1 Å². The molecule has 10 heteroatoms. The minimum Gasteiger partial charge on any atom is -0.283 e. The summed E-state index contributed by atoms with van der Waals surface area (Å²) in [6.45, 7) is 8.15. The Hall–Kier alpha value is -4.05. The number of nitro groups is 1. The number of hydrogen-bond acceptors (Lipinski definition) is 6. The third-order valence-electron chi connectivity index (χ3n) is 6.12. The molecule has 0 saturated carbocycles. The molecule has 0 radical (unpaired) electrons. The Bertz CT molecular complexity index is 1590. The largest absolute Gasteiger partial charge is 0.297 e. The zero-order valence-electron chi connectivity index (χ0n) is 21.6. The molecule has 0 aliphatic rings. The molecule has 0 saturated heterocycles. The van der Waals surface area contributed by atoms with Gasteiger partial charge in [-0.3, -0.25) is 19.6 Å². The predicted molar refractivity (Wildman–Crippen MR) is 148 cm³/mol. The van der Waals surface area contributed by atoms with Gasteiger partial charge in [0.25, 0.3) is 11.2 Å². The van der Waals surface area contributed by atoms with Crippen molar-refractivity contribution in [3.63, 3.8) is 0 Å². The summed E-state index contributed by atoms with van der Waals surface area (Å²) in [6, 6.07) is 15.9. The monoisotopic (exact) mass is 518 g/mol. The van der Waals surface area contributed by atoms with Crippen LogP contribution in [0.25, 0.3) is 16.9 Å². The molecule has 37 heavy (non-hydrogen) atoms. The number of rotatable bonds is 8. The summed E-state index contributed by atoms with van der Waals surface area (Å²) in [7, 11) is 1.83. The van der Waals surface area contributed by atoms with E-state index >= 15 is 0 Å². The normalized spacial score (nSPS) is 12.5. The zero-order chi connectivity index (χ0) is 26.7. The first-order valence-corrected chi connectivity index (χ1v) is 12.9. The number of nitro benzene ring substituents is 1. The maximum atomic E-state index is 13.5. The van der Waals surface area contributed by atoms with Gasteiger partial charge >= 0.3 is 0 Å². The minimum absolute atomic E-state index is 0.00102. The Morgan fingerprint density at radius 1 is 1.14 bits per heavy atom. The Labute approximate surface area is 218 Å². The van der Waals surface area contributed by atoms with E-state index in [0.717, 1.165) is 24.2 Å². The molecule has 0 N–H and O–H groups in total. The molecule has 0 bridgehead atoms. The number of benzene rings is 2. The van der Waals surface area contributed by atoms with Crippen LogP contribution in [0.2, 0.25) is 0 Å². The van der Waals surface area contributed by atoms with E-state index in [2.05, 4.69) is 13.8 Å². The summed E-state index contributed by atoms with van der Waals surface area (Å²) in [5.41, 5.74) is 3.79. The molecule has 0 amide bonds. The van der Waals surface area contributed by atoms with Gasteiger partial charge in [-0.2, -0.15) is 5.10 Å². The van der Waals surface area contributed by atoms with Gasteiger partial charge in [-0.1, -0.05) is 44.2 Å². The van der Waals surface area contributed by atoms with Gasteiger partial charge in [0.15, 0.2) is 5.69 Å². The lowest BCUT2D eigenvalue weighted by Gasteiger charge is -2.07. The molecule has 0 fully saturated rings. The van der Waals surface area contributed by atoms with Gasteiger partial charge in [0.1, 0.15) is 0 Å². The molecule has 0 unspecified atom stereocenters. The van der Waals surface area contributed by atoms with Crippen LogP contribution in [0.15, 0.2) is 74.9 Å². The molecule has 2 aromatic heterocycles. The molecule has 2 aromatic carbocycles. The van der Waals surface area contributed by atoms with Crippen LogP contribution < -0.4 is 10.4 Å². The highest BCUT2D eigenvalue weighted by Gasteiger charge is 2.17. The van der Waals surface area contributed by atoms with Gasteiger partial charge in [-0.05, 0) is 44.7 Å². The molecule has 4 rings (SSSR count). The van der Waals surface area contributed by atoms with Crippen molar-refractivity contribution in [1.82, 2.24) is 14.0 Å². The lowest BCUT2D eigenvalue weighted by atomic mass is 10.1. The number of nitrogens with zero attached hydrogens (tertiary/aromatic N) is 6. The van der Waals surface area contributed by atoms with E-state index in [9.17, 15) is 14.9 Å². The third kappa shape index (κ3) is 5.54. The Morgan fingerprint density at radius 3 is 2.54 bits per heavy atom. The van der Waals surface area contributed by atoms with Gasteiger partial charge in [0, 0.05) is 35.8 Å². The van der Waals surface area contributed by atoms with Gasteiger partial charge < -0.3 is 0 Å². The molecule has 0 spiro atoms. The second-order valence-electron chi connectivity index (χ2n) is 9.31. The number of non-ortho nitro benzene ring substituents is 1. The molecule has 0 aliphatic heterocycles. The maximum Gasteiger partial charge on any atom is 0.297 e. The molecule has 9 nitrogen and oxygen atoms in total. The van der Waals surface area contributed by atoms with Crippen LogP contribution in [0, 0.1) is 23.0 Å². The molecule has 2 heterocycles. The van der Waals surface area contributed by atoms with E-state index in [0.29, 0.717) is 33.4 Å². The minimum atomic E-state index is -0.415. The van der Waals surface area contributed by atoms with Gasteiger partial charge in [0.2, 0.25) is 4.80 Å². The topological polar surface area (TPSA) is 99.7 Å². The predicted octanol–water partition coefficient (Wildman–Crippen LogP) is 5.82. The second kappa shape index (κ2) is 10.9.